The van der Waals surface area contributed by atoms with E-state index in [0.29, 0.717) is 43.1 Å². The van der Waals surface area contributed by atoms with Crippen LogP contribution < -0.4 is 15.1 Å². The highest BCUT2D eigenvalue weighted by atomic mass is 19.1. The van der Waals surface area contributed by atoms with Crippen LogP contribution in [0.25, 0.3) is 11.1 Å². The van der Waals surface area contributed by atoms with Crippen molar-refractivity contribution in [3.8, 4) is 11.1 Å². The summed E-state index contributed by atoms with van der Waals surface area (Å²) in [7, 11) is 0. The molecule has 10 heteroatoms. The Morgan fingerprint density at radius 3 is 2.52 bits per heavy atom. The molecule has 4 rings (SSSR count). The number of rotatable bonds is 6. The Labute approximate surface area is 189 Å². The van der Waals surface area contributed by atoms with E-state index in [4.69, 9.17) is 4.74 Å². The third-order valence-corrected chi connectivity index (χ3v) is 5.78. The number of nitrogens with one attached hydrogen (secondary N) is 1. The lowest BCUT2D eigenvalue weighted by molar-refractivity contribution is -0.119. The standard InChI is InChI=1S/C23H24F2N4O4/c1-15(31)26-12-18-13-29(23(32)33-18)17-3-4-19(20(24)11-17)16-2-5-22(21(25)10-16)28-8-6-27(14-30)7-9-28/h2-5,10-11,14,18H,6-9,12-13H2,1H3,(H,26,31). The lowest BCUT2D eigenvalue weighted by Crippen LogP contribution is -2.46. The van der Waals surface area contributed by atoms with Gasteiger partial charge in [-0.2, -0.15) is 0 Å². The fourth-order valence-electron chi connectivity index (χ4n) is 4.00. The Bertz CT molecular complexity index is 1070. The number of hydrogen-bond donors (Lipinski definition) is 1. The summed E-state index contributed by atoms with van der Waals surface area (Å²) in [5, 5.41) is 2.59. The number of cyclic esters (lactones) is 1. The van der Waals surface area contributed by atoms with Crippen LogP contribution >= 0.6 is 0 Å². The molecule has 2 aliphatic rings. The number of benzene rings is 2. The molecule has 1 N–H and O–H groups in total. The fourth-order valence-corrected chi connectivity index (χ4v) is 4.00. The van der Waals surface area contributed by atoms with Crippen LogP contribution in [0.3, 0.4) is 0 Å². The molecule has 2 aromatic carbocycles. The van der Waals surface area contributed by atoms with Crippen LogP contribution in [0.4, 0.5) is 25.0 Å². The summed E-state index contributed by atoms with van der Waals surface area (Å²) >= 11 is 0. The van der Waals surface area contributed by atoms with E-state index in [-0.39, 0.29) is 24.6 Å². The van der Waals surface area contributed by atoms with Gasteiger partial charge in [-0.1, -0.05) is 6.07 Å². The Kier molecular flexibility index (Phi) is 6.43. The molecule has 2 saturated heterocycles. The van der Waals surface area contributed by atoms with Crippen LogP contribution in [0.15, 0.2) is 36.4 Å². The van der Waals surface area contributed by atoms with Crippen LogP contribution in [0.5, 0.6) is 0 Å². The van der Waals surface area contributed by atoms with E-state index in [0.717, 1.165) is 6.41 Å². The topological polar surface area (TPSA) is 82.2 Å². The van der Waals surface area contributed by atoms with Gasteiger partial charge in [0, 0.05) is 38.7 Å². The van der Waals surface area contributed by atoms with E-state index in [1.54, 1.807) is 23.1 Å². The van der Waals surface area contributed by atoms with Gasteiger partial charge in [-0.3, -0.25) is 14.5 Å². The second kappa shape index (κ2) is 9.43. The third kappa shape index (κ3) is 4.89. The molecule has 1 atom stereocenters. The normalized spacial score (nSPS) is 18.3. The molecule has 0 radical (unpaired) electrons. The number of piperazine rings is 1. The Morgan fingerprint density at radius 1 is 1.12 bits per heavy atom. The van der Waals surface area contributed by atoms with Crippen molar-refractivity contribution < 1.29 is 27.9 Å². The van der Waals surface area contributed by atoms with Crippen molar-refractivity contribution in [1.29, 1.82) is 0 Å². The zero-order valence-electron chi connectivity index (χ0n) is 18.1. The predicted octanol–water partition coefficient (Wildman–Crippen LogP) is 2.37. The van der Waals surface area contributed by atoms with Crippen LogP contribution in [0.2, 0.25) is 0 Å². The second-order valence-electron chi connectivity index (χ2n) is 8.01. The van der Waals surface area contributed by atoms with Gasteiger partial charge in [-0.15, -0.1) is 0 Å². The maximum absolute atomic E-state index is 14.9. The van der Waals surface area contributed by atoms with Gasteiger partial charge in [-0.25, -0.2) is 13.6 Å². The summed E-state index contributed by atoms with van der Waals surface area (Å²) in [4.78, 5) is 38.9. The van der Waals surface area contributed by atoms with E-state index in [2.05, 4.69) is 5.32 Å². The first-order valence-corrected chi connectivity index (χ1v) is 10.6. The molecule has 3 amide bonds. The van der Waals surface area contributed by atoms with Gasteiger partial charge in [0.05, 0.1) is 24.5 Å². The van der Waals surface area contributed by atoms with Crippen molar-refractivity contribution in [2.24, 2.45) is 0 Å². The zero-order valence-corrected chi connectivity index (χ0v) is 18.1. The summed E-state index contributed by atoms with van der Waals surface area (Å²) in [5.74, 6) is -1.31. The summed E-state index contributed by atoms with van der Waals surface area (Å²) in [5.41, 5.74) is 1.31. The second-order valence-corrected chi connectivity index (χ2v) is 8.01. The smallest absolute Gasteiger partial charge is 0.414 e. The lowest BCUT2D eigenvalue weighted by atomic mass is 10.0. The molecule has 0 aliphatic carbocycles. The van der Waals surface area contributed by atoms with Gasteiger partial charge < -0.3 is 19.9 Å². The minimum Gasteiger partial charge on any atom is -0.442 e. The maximum Gasteiger partial charge on any atom is 0.414 e. The quantitative estimate of drug-likeness (QED) is 0.673. The number of anilines is 2. The maximum atomic E-state index is 14.9. The van der Waals surface area contributed by atoms with Gasteiger partial charge in [-0.05, 0) is 35.9 Å². The first-order valence-electron chi connectivity index (χ1n) is 10.6. The molecular formula is C23H24F2N4O4. The molecule has 2 aliphatic heterocycles. The van der Waals surface area contributed by atoms with E-state index in [9.17, 15) is 23.2 Å². The number of halogens is 2. The Balaban J connectivity index is 1.48. The van der Waals surface area contributed by atoms with Crippen molar-refractivity contribution in [2.45, 2.75) is 13.0 Å². The molecule has 0 spiro atoms. The zero-order chi connectivity index (χ0) is 23.5. The predicted molar refractivity (Wildman–Crippen MR) is 118 cm³/mol. The monoisotopic (exact) mass is 458 g/mol. The SMILES string of the molecule is CC(=O)NCC1CN(c2ccc(-c3ccc(N4CCN(C=O)CC4)c(F)c3)c(F)c2)C(=O)O1. The number of carbonyl (C=O) groups excluding carboxylic acids is 3. The number of ether oxygens (including phenoxy) is 1. The van der Waals surface area contributed by atoms with Gasteiger partial charge in [0.2, 0.25) is 12.3 Å². The molecule has 0 bridgehead atoms. The summed E-state index contributed by atoms with van der Waals surface area (Å²) in [6.07, 6.45) is -0.365. The van der Waals surface area contributed by atoms with Gasteiger partial charge in [0.15, 0.2) is 0 Å². The summed E-state index contributed by atoms with van der Waals surface area (Å²) in [6.45, 7) is 3.80. The average Bonchev–Trinajstić information content (AvgIpc) is 3.18. The summed E-state index contributed by atoms with van der Waals surface area (Å²) in [6, 6.07) is 8.82. The third-order valence-electron chi connectivity index (χ3n) is 5.78. The number of nitrogens with zero attached hydrogens (tertiary/aromatic N) is 3. The number of amides is 3. The number of carbonyl (C=O) groups is 3. The van der Waals surface area contributed by atoms with Gasteiger partial charge >= 0.3 is 6.09 Å². The van der Waals surface area contributed by atoms with E-state index < -0.39 is 23.8 Å². The number of hydrogen-bond acceptors (Lipinski definition) is 5. The largest absolute Gasteiger partial charge is 0.442 e. The Morgan fingerprint density at radius 2 is 1.88 bits per heavy atom. The molecule has 0 aromatic heterocycles. The fraction of sp³-hybridized carbons (Fsp3) is 0.348. The minimum absolute atomic E-state index is 0.175. The minimum atomic E-state index is -0.623. The van der Waals surface area contributed by atoms with E-state index in [1.807, 2.05) is 4.90 Å². The molecule has 33 heavy (non-hydrogen) atoms. The highest BCUT2D eigenvalue weighted by Crippen LogP contribution is 2.32. The van der Waals surface area contributed by atoms with Crippen molar-refractivity contribution in [3.63, 3.8) is 0 Å². The van der Waals surface area contributed by atoms with E-state index in [1.165, 1.54) is 30.0 Å². The van der Waals surface area contributed by atoms with Gasteiger partial charge in [0.1, 0.15) is 17.7 Å². The molecule has 2 aromatic rings. The lowest BCUT2D eigenvalue weighted by Gasteiger charge is -2.34. The Hall–Kier alpha value is -3.69. The van der Waals surface area contributed by atoms with Crippen LogP contribution in [0, 0.1) is 11.6 Å². The van der Waals surface area contributed by atoms with Crippen molar-refractivity contribution >= 4 is 29.8 Å². The highest BCUT2D eigenvalue weighted by Gasteiger charge is 2.32. The molecule has 8 nitrogen and oxygen atoms in total. The summed E-state index contributed by atoms with van der Waals surface area (Å²) < 4.78 is 35.0. The van der Waals surface area contributed by atoms with Crippen LogP contribution in [-0.4, -0.2) is 68.7 Å². The molecule has 1 unspecified atom stereocenters. The van der Waals surface area contributed by atoms with Crippen LogP contribution in [0.1, 0.15) is 6.92 Å². The van der Waals surface area contributed by atoms with Crippen LogP contribution in [-0.2, 0) is 14.3 Å². The first kappa shape index (κ1) is 22.5. The van der Waals surface area contributed by atoms with Crippen molar-refractivity contribution in [3.05, 3.63) is 48.0 Å². The van der Waals surface area contributed by atoms with Crippen molar-refractivity contribution in [2.75, 3.05) is 49.1 Å². The molecule has 2 heterocycles. The molecule has 174 valence electrons. The van der Waals surface area contributed by atoms with E-state index >= 15 is 0 Å². The highest BCUT2D eigenvalue weighted by molar-refractivity contribution is 5.90. The molecule has 2 fully saturated rings. The average molecular weight is 458 g/mol. The van der Waals surface area contributed by atoms with Crippen molar-refractivity contribution in [1.82, 2.24) is 10.2 Å². The first-order chi connectivity index (χ1) is 15.9. The van der Waals surface area contributed by atoms with Gasteiger partial charge in [0.25, 0.3) is 0 Å². The molecular weight excluding hydrogens is 434 g/mol. The molecule has 0 saturated carbocycles.